The van der Waals surface area contributed by atoms with E-state index in [1.807, 2.05) is 6.92 Å². The average Bonchev–Trinajstić information content (AvgIpc) is 2.23. The molecule has 0 saturated heterocycles. The molecule has 0 rings (SSSR count). The summed E-state index contributed by atoms with van der Waals surface area (Å²) in [5.74, 6) is 0.501. The highest BCUT2D eigenvalue weighted by Gasteiger charge is 2.18. The Balaban J connectivity index is 3.97. The summed E-state index contributed by atoms with van der Waals surface area (Å²) in [5.41, 5.74) is 0. The second-order valence-corrected chi connectivity index (χ2v) is 4.01. The second-order valence-electron chi connectivity index (χ2n) is 4.01. The highest BCUT2D eigenvalue weighted by atomic mass is 16.5. The van der Waals surface area contributed by atoms with Gasteiger partial charge in [0.05, 0.1) is 6.61 Å². The maximum Gasteiger partial charge on any atom is 0.323 e. The van der Waals surface area contributed by atoms with E-state index < -0.39 is 0 Å². The van der Waals surface area contributed by atoms with Crippen molar-refractivity contribution < 1.29 is 9.53 Å². The van der Waals surface area contributed by atoms with Crippen molar-refractivity contribution in [3.63, 3.8) is 0 Å². The second kappa shape index (κ2) is 8.72. The van der Waals surface area contributed by atoms with Crippen molar-refractivity contribution >= 4 is 5.97 Å². The zero-order valence-corrected chi connectivity index (χ0v) is 10.5. The van der Waals surface area contributed by atoms with Crippen molar-refractivity contribution in [2.24, 2.45) is 5.92 Å². The zero-order valence-electron chi connectivity index (χ0n) is 10.5. The molecule has 0 aliphatic heterocycles. The number of hydrogen-bond acceptors (Lipinski definition) is 3. The third-order valence-corrected chi connectivity index (χ3v) is 2.56. The largest absolute Gasteiger partial charge is 0.465 e. The van der Waals surface area contributed by atoms with Gasteiger partial charge in [-0.3, -0.25) is 4.79 Å². The van der Waals surface area contributed by atoms with Gasteiger partial charge in [0.2, 0.25) is 0 Å². The van der Waals surface area contributed by atoms with E-state index in [4.69, 9.17) is 4.74 Å². The summed E-state index contributed by atoms with van der Waals surface area (Å²) < 4.78 is 5.02. The highest BCUT2D eigenvalue weighted by Crippen LogP contribution is 2.03. The maximum atomic E-state index is 11.5. The van der Waals surface area contributed by atoms with E-state index in [0.717, 1.165) is 25.8 Å². The summed E-state index contributed by atoms with van der Waals surface area (Å²) in [7, 11) is 0. The van der Waals surface area contributed by atoms with Crippen molar-refractivity contribution in [3.05, 3.63) is 0 Å². The number of carbonyl (C=O) groups excluding carboxylic acids is 1. The smallest absolute Gasteiger partial charge is 0.323 e. The van der Waals surface area contributed by atoms with Crippen LogP contribution in [-0.2, 0) is 9.53 Å². The van der Waals surface area contributed by atoms with Gasteiger partial charge in [-0.1, -0.05) is 33.6 Å². The van der Waals surface area contributed by atoms with Crippen molar-refractivity contribution in [2.45, 2.75) is 53.0 Å². The van der Waals surface area contributed by atoms with Crippen molar-refractivity contribution in [1.82, 2.24) is 5.32 Å². The summed E-state index contributed by atoms with van der Waals surface area (Å²) in [6.07, 6.45) is 2.99. The number of esters is 1. The van der Waals surface area contributed by atoms with Gasteiger partial charge in [0.1, 0.15) is 6.04 Å². The molecule has 0 aromatic heterocycles. The fourth-order valence-corrected chi connectivity index (χ4v) is 1.32. The Bertz CT molecular complexity index is 171. The summed E-state index contributed by atoms with van der Waals surface area (Å²) in [6, 6.07) is -0.121. The molecule has 0 aromatic rings. The van der Waals surface area contributed by atoms with Gasteiger partial charge in [0.25, 0.3) is 0 Å². The van der Waals surface area contributed by atoms with Crippen LogP contribution in [0.15, 0.2) is 0 Å². The predicted octanol–water partition coefficient (Wildman–Crippen LogP) is 2.35. The summed E-state index contributed by atoms with van der Waals surface area (Å²) in [4.78, 5) is 11.5. The lowest BCUT2D eigenvalue weighted by Gasteiger charge is -2.18. The molecular formula is C12H25NO2. The van der Waals surface area contributed by atoms with Crippen LogP contribution in [0.4, 0.5) is 0 Å². The number of rotatable bonds is 8. The Morgan fingerprint density at radius 3 is 2.47 bits per heavy atom. The minimum Gasteiger partial charge on any atom is -0.465 e. The van der Waals surface area contributed by atoms with Crippen molar-refractivity contribution in [1.29, 1.82) is 0 Å². The molecule has 15 heavy (non-hydrogen) atoms. The van der Waals surface area contributed by atoms with Crippen LogP contribution < -0.4 is 5.32 Å². The number of ether oxygens (including phenoxy) is 1. The van der Waals surface area contributed by atoms with Gasteiger partial charge in [-0.15, -0.1) is 0 Å². The standard InChI is InChI=1S/C12H25NO2/c1-5-8-11(12(14)15-7-3)13-9-10(4)6-2/h10-11,13H,5-9H2,1-4H3. The Labute approximate surface area is 93.6 Å². The quantitative estimate of drug-likeness (QED) is 0.632. The first-order valence-electron chi connectivity index (χ1n) is 6.05. The van der Waals surface area contributed by atoms with Crippen molar-refractivity contribution in [2.75, 3.05) is 13.2 Å². The maximum absolute atomic E-state index is 11.5. The molecule has 3 heteroatoms. The van der Waals surface area contributed by atoms with Gasteiger partial charge >= 0.3 is 5.97 Å². The molecule has 3 nitrogen and oxygen atoms in total. The summed E-state index contributed by atoms with van der Waals surface area (Å²) in [5, 5.41) is 3.28. The number of hydrogen-bond donors (Lipinski definition) is 1. The Kier molecular flexibility index (Phi) is 8.38. The van der Waals surface area contributed by atoms with Crippen LogP contribution in [0.1, 0.15) is 47.0 Å². The van der Waals surface area contributed by atoms with Crippen molar-refractivity contribution in [3.8, 4) is 0 Å². The molecule has 0 heterocycles. The van der Waals surface area contributed by atoms with Gasteiger partial charge in [-0.2, -0.15) is 0 Å². The number of carbonyl (C=O) groups is 1. The summed E-state index contributed by atoms with van der Waals surface area (Å²) in [6.45, 7) is 9.61. The molecule has 0 aromatic carbocycles. The van der Waals surface area contributed by atoms with Crippen LogP contribution in [0.5, 0.6) is 0 Å². The van der Waals surface area contributed by atoms with E-state index in [1.165, 1.54) is 0 Å². The van der Waals surface area contributed by atoms with Crippen LogP contribution in [-0.4, -0.2) is 25.2 Å². The van der Waals surface area contributed by atoms with E-state index in [9.17, 15) is 4.79 Å². The molecule has 0 fully saturated rings. The molecular weight excluding hydrogens is 190 g/mol. The van der Waals surface area contributed by atoms with E-state index in [0.29, 0.717) is 12.5 Å². The predicted molar refractivity (Wildman–Crippen MR) is 62.8 cm³/mol. The van der Waals surface area contributed by atoms with Crippen LogP contribution in [0.3, 0.4) is 0 Å². The molecule has 0 bridgehead atoms. The van der Waals surface area contributed by atoms with Crippen LogP contribution in [0, 0.1) is 5.92 Å². The van der Waals surface area contributed by atoms with Crippen LogP contribution >= 0.6 is 0 Å². The molecule has 1 N–H and O–H groups in total. The topological polar surface area (TPSA) is 38.3 Å². The minimum absolute atomic E-state index is 0.109. The first kappa shape index (κ1) is 14.4. The molecule has 90 valence electrons. The monoisotopic (exact) mass is 215 g/mol. The van der Waals surface area contributed by atoms with Gasteiger partial charge in [-0.05, 0) is 25.8 Å². The molecule has 2 atom stereocenters. The lowest BCUT2D eigenvalue weighted by atomic mass is 10.1. The van der Waals surface area contributed by atoms with E-state index in [-0.39, 0.29) is 12.0 Å². The molecule has 0 spiro atoms. The van der Waals surface area contributed by atoms with Crippen LogP contribution in [0.25, 0.3) is 0 Å². The third-order valence-electron chi connectivity index (χ3n) is 2.56. The van der Waals surface area contributed by atoms with E-state index >= 15 is 0 Å². The zero-order chi connectivity index (χ0) is 11.7. The third kappa shape index (κ3) is 6.50. The van der Waals surface area contributed by atoms with Gasteiger partial charge in [-0.25, -0.2) is 0 Å². The lowest BCUT2D eigenvalue weighted by Crippen LogP contribution is -2.40. The van der Waals surface area contributed by atoms with Gasteiger partial charge < -0.3 is 10.1 Å². The van der Waals surface area contributed by atoms with E-state index in [1.54, 1.807) is 0 Å². The Morgan fingerprint density at radius 1 is 1.33 bits per heavy atom. The molecule has 0 radical (unpaired) electrons. The molecule has 0 aliphatic carbocycles. The van der Waals surface area contributed by atoms with Gasteiger partial charge in [0, 0.05) is 0 Å². The lowest BCUT2D eigenvalue weighted by molar-refractivity contribution is -0.145. The van der Waals surface area contributed by atoms with Crippen LogP contribution in [0.2, 0.25) is 0 Å². The van der Waals surface area contributed by atoms with Gasteiger partial charge in [0.15, 0.2) is 0 Å². The molecule has 2 unspecified atom stereocenters. The average molecular weight is 215 g/mol. The normalized spacial score (nSPS) is 14.7. The fraction of sp³-hybridized carbons (Fsp3) is 0.917. The highest BCUT2D eigenvalue weighted by molar-refractivity contribution is 5.75. The number of nitrogens with one attached hydrogen (secondary N) is 1. The van der Waals surface area contributed by atoms with E-state index in [2.05, 4.69) is 26.1 Å². The molecule has 0 saturated carbocycles. The SMILES string of the molecule is CCCC(NCC(C)CC)C(=O)OCC. The Morgan fingerprint density at radius 2 is 2.00 bits per heavy atom. The summed E-state index contributed by atoms with van der Waals surface area (Å²) >= 11 is 0. The fourth-order valence-electron chi connectivity index (χ4n) is 1.32. The molecule has 0 amide bonds. The first-order chi connectivity index (χ1) is 7.15. The first-order valence-corrected chi connectivity index (χ1v) is 6.05. The molecule has 0 aliphatic rings. The Hall–Kier alpha value is -0.570. The minimum atomic E-state index is -0.121.